The molecule has 0 radical (unpaired) electrons. The van der Waals surface area contributed by atoms with E-state index in [4.69, 9.17) is 10.8 Å². The summed E-state index contributed by atoms with van der Waals surface area (Å²) in [5.74, 6) is 0. The average Bonchev–Trinajstić information content (AvgIpc) is 1.61. The summed E-state index contributed by atoms with van der Waals surface area (Å²) >= 11 is 0. The number of aliphatic hydroxyl groups excluding tert-OH is 1. The fourth-order valence-electron chi connectivity index (χ4n) is 0.260. The van der Waals surface area contributed by atoms with E-state index >= 15 is 0 Å². The number of nitrogens with two attached hydrogens (primary N) is 1. The molecule has 0 heterocycles. The van der Waals surface area contributed by atoms with Crippen LogP contribution in [-0.2, 0) is 0 Å². The Morgan fingerprint density at radius 2 is 2.12 bits per heavy atom. The normalized spacial score (nSPS) is 14.5. The molecule has 0 fully saturated rings. The molecule has 0 unspecified atom stereocenters. The predicted molar refractivity (Wildman–Crippen MR) is 33.0 cm³/mol. The Morgan fingerprint density at radius 1 is 1.62 bits per heavy atom. The van der Waals surface area contributed by atoms with Crippen molar-refractivity contribution in [3.05, 3.63) is 12.3 Å². The summed E-state index contributed by atoms with van der Waals surface area (Å²) in [4.78, 5) is 1.80. The number of hydrogen-bond acceptors (Lipinski definition) is 3. The van der Waals surface area contributed by atoms with E-state index in [0.717, 1.165) is 0 Å². The van der Waals surface area contributed by atoms with Gasteiger partial charge in [-0.2, -0.15) is 0 Å². The van der Waals surface area contributed by atoms with Crippen LogP contribution in [0.5, 0.6) is 0 Å². The van der Waals surface area contributed by atoms with Crippen LogP contribution in [0.2, 0.25) is 0 Å². The van der Waals surface area contributed by atoms with E-state index in [-0.39, 0.29) is 0 Å². The lowest BCUT2D eigenvalue weighted by Gasteiger charge is -2.03. The third-order valence-corrected chi connectivity index (χ3v) is 0.581. The molecule has 0 rings (SSSR count). The summed E-state index contributed by atoms with van der Waals surface area (Å²) in [6.07, 6.45) is 2.36. The van der Waals surface area contributed by atoms with E-state index in [9.17, 15) is 0 Å². The van der Waals surface area contributed by atoms with Crippen molar-refractivity contribution in [3.63, 3.8) is 0 Å². The largest absolute Gasteiger partial charge is 0.384 e. The molecule has 0 aliphatic carbocycles. The van der Waals surface area contributed by atoms with Crippen molar-refractivity contribution >= 4 is 0 Å². The van der Waals surface area contributed by atoms with Crippen LogP contribution >= 0.6 is 0 Å². The van der Waals surface area contributed by atoms with E-state index in [1.165, 1.54) is 6.08 Å². The van der Waals surface area contributed by atoms with Crippen LogP contribution in [0.4, 0.5) is 0 Å². The van der Waals surface area contributed by atoms with Gasteiger partial charge in [-0.05, 0) is 12.3 Å². The van der Waals surface area contributed by atoms with Crippen molar-refractivity contribution in [3.8, 4) is 0 Å². The third kappa shape index (κ3) is 5.46. The number of nitrogens with zero attached hydrogens (tertiary/aromatic N) is 1. The Balaban J connectivity index is 3.34. The van der Waals surface area contributed by atoms with Gasteiger partial charge in [-0.15, -0.1) is 0 Å². The molecule has 0 aromatic rings. The molecule has 0 aromatic carbocycles. The van der Waals surface area contributed by atoms with E-state index in [2.05, 4.69) is 0 Å². The first kappa shape index (κ1) is 7.46. The molecule has 0 aromatic heterocycles. The molecular weight excluding hydrogens is 104 g/mol. The number of aliphatic hydroxyl groups is 1. The Morgan fingerprint density at radius 3 is 2.25 bits per heavy atom. The minimum absolute atomic E-state index is 0.836. The Hall–Kier alpha value is -0.540. The summed E-state index contributed by atoms with van der Waals surface area (Å²) in [6, 6.07) is 0. The smallest absolute Gasteiger partial charge is 0.123 e. The first-order chi connectivity index (χ1) is 3.63. The molecule has 0 spiro atoms. The topological polar surface area (TPSA) is 49.5 Å². The van der Waals surface area contributed by atoms with Crippen LogP contribution in [0.25, 0.3) is 0 Å². The number of rotatable bonds is 2. The SMILES string of the molecule is CN(C)/C=C/[C@@H](N)O. The van der Waals surface area contributed by atoms with Crippen molar-refractivity contribution in [1.29, 1.82) is 0 Å². The third-order valence-electron chi connectivity index (χ3n) is 0.581. The van der Waals surface area contributed by atoms with Gasteiger partial charge in [0.2, 0.25) is 0 Å². The Bertz CT molecular complexity index is 68.5. The molecule has 0 saturated heterocycles. The lowest BCUT2D eigenvalue weighted by Crippen LogP contribution is -2.16. The monoisotopic (exact) mass is 116 g/mol. The first-order valence-electron chi connectivity index (χ1n) is 2.41. The van der Waals surface area contributed by atoms with Gasteiger partial charge in [0.25, 0.3) is 0 Å². The van der Waals surface area contributed by atoms with E-state index in [0.29, 0.717) is 0 Å². The van der Waals surface area contributed by atoms with Crippen LogP contribution < -0.4 is 5.73 Å². The van der Waals surface area contributed by atoms with Gasteiger partial charge in [0, 0.05) is 14.1 Å². The van der Waals surface area contributed by atoms with E-state index in [1.54, 1.807) is 11.1 Å². The summed E-state index contributed by atoms with van der Waals surface area (Å²) in [5, 5.41) is 8.47. The molecule has 0 amide bonds. The standard InChI is InChI=1S/C5H12N2O/c1-7(2)4-3-5(6)8/h3-5,8H,6H2,1-2H3/b4-3+/t5-/m0/s1. The second kappa shape index (κ2) is 3.46. The maximum atomic E-state index is 8.47. The summed E-state index contributed by atoms with van der Waals surface area (Å²) in [6.45, 7) is 0. The van der Waals surface area contributed by atoms with Crippen LogP contribution in [-0.4, -0.2) is 30.3 Å². The molecule has 0 saturated carbocycles. The second-order valence-electron chi connectivity index (χ2n) is 1.80. The van der Waals surface area contributed by atoms with E-state index in [1.807, 2.05) is 14.1 Å². The van der Waals surface area contributed by atoms with Gasteiger partial charge in [-0.25, -0.2) is 0 Å². The van der Waals surface area contributed by atoms with Crippen molar-refractivity contribution < 1.29 is 5.11 Å². The van der Waals surface area contributed by atoms with Gasteiger partial charge in [0.1, 0.15) is 6.23 Å². The average molecular weight is 116 g/mol. The van der Waals surface area contributed by atoms with Crippen LogP contribution in [0, 0.1) is 0 Å². The maximum absolute atomic E-state index is 8.47. The maximum Gasteiger partial charge on any atom is 0.123 e. The zero-order chi connectivity index (χ0) is 6.57. The fourth-order valence-corrected chi connectivity index (χ4v) is 0.260. The van der Waals surface area contributed by atoms with Gasteiger partial charge < -0.3 is 15.7 Å². The van der Waals surface area contributed by atoms with Crippen molar-refractivity contribution in [2.75, 3.05) is 14.1 Å². The van der Waals surface area contributed by atoms with Gasteiger partial charge in [-0.1, -0.05) is 0 Å². The van der Waals surface area contributed by atoms with E-state index < -0.39 is 6.23 Å². The molecule has 48 valence electrons. The minimum atomic E-state index is -0.836. The molecular formula is C5H12N2O. The van der Waals surface area contributed by atoms with Gasteiger partial charge in [-0.3, -0.25) is 0 Å². The zero-order valence-electron chi connectivity index (χ0n) is 5.20. The van der Waals surface area contributed by atoms with Crippen LogP contribution in [0.3, 0.4) is 0 Å². The Labute approximate surface area is 49.4 Å². The van der Waals surface area contributed by atoms with Crippen molar-refractivity contribution in [1.82, 2.24) is 4.90 Å². The first-order valence-corrected chi connectivity index (χ1v) is 2.41. The molecule has 3 nitrogen and oxygen atoms in total. The summed E-state index contributed by atoms with van der Waals surface area (Å²) in [5.41, 5.74) is 4.98. The van der Waals surface area contributed by atoms with Gasteiger partial charge in [0.05, 0.1) is 0 Å². The molecule has 0 aliphatic rings. The predicted octanol–water partition coefficient (Wildman–Crippen LogP) is -0.661. The lowest BCUT2D eigenvalue weighted by atomic mass is 10.5. The molecule has 0 bridgehead atoms. The summed E-state index contributed by atoms with van der Waals surface area (Å²) in [7, 11) is 3.72. The highest BCUT2D eigenvalue weighted by atomic mass is 16.3. The highest BCUT2D eigenvalue weighted by molar-refractivity contribution is 4.82. The quantitative estimate of drug-likeness (QED) is 0.471. The molecule has 3 N–H and O–H groups in total. The van der Waals surface area contributed by atoms with Gasteiger partial charge in [0.15, 0.2) is 0 Å². The van der Waals surface area contributed by atoms with Crippen LogP contribution in [0.1, 0.15) is 0 Å². The molecule has 3 heteroatoms. The summed E-state index contributed by atoms with van der Waals surface area (Å²) < 4.78 is 0. The van der Waals surface area contributed by atoms with Crippen LogP contribution in [0.15, 0.2) is 12.3 Å². The zero-order valence-corrected chi connectivity index (χ0v) is 5.20. The fraction of sp³-hybridized carbons (Fsp3) is 0.600. The van der Waals surface area contributed by atoms with Gasteiger partial charge >= 0.3 is 0 Å². The molecule has 0 aliphatic heterocycles. The van der Waals surface area contributed by atoms with Crippen molar-refractivity contribution in [2.45, 2.75) is 6.23 Å². The molecule has 1 atom stereocenters. The Kier molecular flexibility index (Phi) is 3.23. The lowest BCUT2D eigenvalue weighted by molar-refractivity contribution is 0.230. The highest BCUT2D eigenvalue weighted by Gasteiger charge is 1.82. The van der Waals surface area contributed by atoms with Crippen molar-refractivity contribution in [2.24, 2.45) is 5.73 Å². The highest BCUT2D eigenvalue weighted by Crippen LogP contribution is 1.77. The molecule has 8 heavy (non-hydrogen) atoms. The second-order valence-corrected chi connectivity index (χ2v) is 1.80. The number of hydrogen-bond donors (Lipinski definition) is 2. The minimum Gasteiger partial charge on any atom is -0.384 e.